The standard InChI is InChI=1S/C19H20ClF3N4O4S/c1-7(2)31-18(30)11-8(3)14(16(24)29)32-17(11)25-10(28)6-27-13(9-4-5-9)12(20)15(26-27)19(21,22)23/h7,9H,4-6H2,1-3H3,(H2,24,29)(H,25,28). The van der Waals surface area contributed by atoms with Gasteiger partial charge in [-0.1, -0.05) is 11.6 Å². The van der Waals surface area contributed by atoms with Gasteiger partial charge in [-0.15, -0.1) is 11.3 Å². The molecule has 0 atom stereocenters. The molecule has 2 aromatic heterocycles. The Balaban J connectivity index is 1.91. The lowest BCUT2D eigenvalue weighted by Gasteiger charge is -2.11. The zero-order valence-corrected chi connectivity index (χ0v) is 18.9. The number of amides is 2. The van der Waals surface area contributed by atoms with E-state index in [2.05, 4.69) is 10.4 Å². The number of rotatable bonds is 7. The number of nitrogens with two attached hydrogens (primary N) is 1. The summed E-state index contributed by atoms with van der Waals surface area (Å²) < 4.78 is 45.8. The molecule has 2 heterocycles. The zero-order valence-electron chi connectivity index (χ0n) is 17.3. The van der Waals surface area contributed by atoms with Crippen molar-refractivity contribution >= 4 is 45.7 Å². The molecule has 0 saturated heterocycles. The Hall–Kier alpha value is -2.60. The molecule has 32 heavy (non-hydrogen) atoms. The van der Waals surface area contributed by atoms with Crippen LogP contribution in [0.25, 0.3) is 0 Å². The Bertz CT molecular complexity index is 1090. The van der Waals surface area contributed by atoms with Crippen LogP contribution in [-0.2, 0) is 22.3 Å². The number of carbonyl (C=O) groups excluding carboxylic acids is 3. The number of nitrogens with one attached hydrogen (secondary N) is 1. The third-order valence-corrected chi connectivity index (χ3v) is 6.22. The lowest BCUT2D eigenvalue weighted by Crippen LogP contribution is -2.22. The van der Waals surface area contributed by atoms with E-state index in [4.69, 9.17) is 22.1 Å². The predicted molar refractivity (Wildman–Crippen MR) is 111 cm³/mol. The van der Waals surface area contributed by atoms with E-state index in [1.54, 1.807) is 13.8 Å². The van der Waals surface area contributed by atoms with Crippen molar-refractivity contribution in [3.8, 4) is 0 Å². The topological polar surface area (TPSA) is 116 Å². The van der Waals surface area contributed by atoms with Crippen LogP contribution in [0.3, 0.4) is 0 Å². The van der Waals surface area contributed by atoms with Gasteiger partial charge in [-0.3, -0.25) is 14.3 Å². The summed E-state index contributed by atoms with van der Waals surface area (Å²) in [5, 5.41) is 5.47. The molecule has 0 radical (unpaired) electrons. The fourth-order valence-corrected chi connectivity index (χ4v) is 4.62. The number of thiophene rings is 1. The second-order valence-electron chi connectivity index (χ2n) is 7.60. The van der Waals surface area contributed by atoms with E-state index >= 15 is 0 Å². The van der Waals surface area contributed by atoms with Crippen molar-refractivity contribution in [1.82, 2.24) is 9.78 Å². The zero-order chi connectivity index (χ0) is 24.0. The first-order chi connectivity index (χ1) is 14.8. The van der Waals surface area contributed by atoms with Crippen LogP contribution in [-0.4, -0.2) is 33.7 Å². The van der Waals surface area contributed by atoms with Crippen molar-refractivity contribution in [1.29, 1.82) is 0 Å². The quantitative estimate of drug-likeness (QED) is 0.564. The van der Waals surface area contributed by atoms with Gasteiger partial charge in [0, 0.05) is 5.92 Å². The molecule has 13 heteroatoms. The predicted octanol–water partition coefficient (Wildman–Crippen LogP) is 4.11. The molecule has 0 unspecified atom stereocenters. The first-order valence-electron chi connectivity index (χ1n) is 9.58. The van der Waals surface area contributed by atoms with E-state index < -0.39 is 47.3 Å². The molecule has 3 rings (SSSR count). The van der Waals surface area contributed by atoms with E-state index in [9.17, 15) is 27.6 Å². The maximum absolute atomic E-state index is 13.2. The third-order valence-electron chi connectivity index (χ3n) is 4.63. The Morgan fingerprint density at radius 2 is 1.97 bits per heavy atom. The number of ether oxygens (including phenoxy) is 1. The highest BCUT2D eigenvalue weighted by molar-refractivity contribution is 7.18. The third kappa shape index (κ3) is 4.90. The molecule has 1 saturated carbocycles. The van der Waals surface area contributed by atoms with E-state index in [1.165, 1.54) is 6.92 Å². The molecular formula is C19H20ClF3N4O4S. The summed E-state index contributed by atoms with van der Waals surface area (Å²) in [6.45, 7) is 4.18. The van der Waals surface area contributed by atoms with Crippen LogP contribution < -0.4 is 11.1 Å². The molecular weight excluding hydrogens is 473 g/mol. The highest BCUT2D eigenvalue weighted by Gasteiger charge is 2.42. The van der Waals surface area contributed by atoms with Crippen LogP contribution in [0.5, 0.6) is 0 Å². The largest absolute Gasteiger partial charge is 0.459 e. The first kappa shape index (κ1) is 24.1. The van der Waals surface area contributed by atoms with Gasteiger partial charge >= 0.3 is 12.1 Å². The van der Waals surface area contributed by atoms with Gasteiger partial charge in [-0.05, 0) is 39.2 Å². The number of hydrogen-bond acceptors (Lipinski definition) is 6. The molecule has 0 spiro atoms. The van der Waals surface area contributed by atoms with Gasteiger partial charge in [0.1, 0.15) is 11.5 Å². The van der Waals surface area contributed by atoms with E-state index in [0.717, 1.165) is 16.0 Å². The number of hydrogen-bond donors (Lipinski definition) is 2. The average Bonchev–Trinajstić information content (AvgIpc) is 3.33. The van der Waals surface area contributed by atoms with Gasteiger partial charge in [0.25, 0.3) is 5.91 Å². The summed E-state index contributed by atoms with van der Waals surface area (Å²) in [5.41, 5.74) is 4.44. The Kier molecular flexibility index (Phi) is 6.57. The molecule has 174 valence electrons. The van der Waals surface area contributed by atoms with Crippen LogP contribution in [0.15, 0.2) is 0 Å². The second-order valence-corrected chi connectivity index (χ2v) is 9.00. The minimum absolute atomic E-state index is 0.00854. The molecule has 0 bridgehead atoms. The number of halogens is 4. The molecule has 1 fully saturated rings. The van der Waals surface area contributed by atoms with Crippen LogP contribution >= 0.6 is 22.9 Å². The highest BCUT2D eigenvalue weighted by Crippen LogP contribution is 2.47. The molecule has 3 N–H and O–H groups in total. The normalized spacial score (nSPS) is 14.0. The molecule has 0 aromatic carbocycles. The van der Waals surface area contributed by atoms with Crippen molar-refractivity contribution in [3.63, 3.8) is 0 Å². The van der Waals surface area contributed by atoms with Crippen molar-refractivity contribution in [2.75, 3.05) is 5.32 Å². The van der Waals surface area contributed by atoms with Crippen molar-refractivity contribution < 1.29 is 32.3 Å². The lowest BCUT2D eigenvalue weighted by atomic mass is 10.1. The van der Waals surface area contributed by atoms with E-state index in [1.807, 2.05) is 0 Å². The molecule has 0 aliphatic heterocycles. The summed E-state index contributed by atoms with van der Waals surface area (Å²) >= 11 is 6.70. The number of alkyl halides is 3. The average molecular weight is 493 g/mol. The van der Waals surface area contributed by atoms with Crippen molar-refractivity contribution in [3.05, 3.63) is 32.4 Å². The maximum atomic E-state index is 13.2. The fourth-order valence-electron chi connectivity index (χ4n) is 3.16. The van der Waals surface area contributed by atoms with Gasteiger partial charge in [0.15, 0.2) is 5.69 Å². The molecule has 1 aliphatic carbocycles. The summed E-state index contributed by atoms with van der Waals surface area (Å²) in [4.78, 5) is 36.9. The Morgan fingerprint density at radius 1 is 1.34 bits per heavy atom. The van der Waals surface area contributed by atoms with Gasteiger partial charge in [-0.2, -0.15) is 18.3 Å². The summed E-state index contributed by atoms with van der Waals surface area (Å²) in [5.74, 6) is -2.52. The number of esters is 1. The number of anilines is 1. The van der Waals surface area contributed by atoms with Gasteiger partial charge in [0.2, 0.25) is 5.91 Å². The summed E-state index contributed by atoms with van der Waals surface area (Å²) in [6, 6.07) is 0. The molecule has 1 aliphatic rings. The summed E-state index contributed by atoms with van der Waals surface area (Å²) in [6.07, 6.45) is -3.95. The first-order valence-corrected chi connectivity index (χ1v) is 10.8. The van der Waals surface area contributed by atoms with Crippen molar-refractivity contribution in [2.45, 2.75) is 58.4 Å². The fraction of sp³-hybridized carbons (Fsp3) is 0.474. The Labute approximate surface area is 189 Å². The van der Waals surface area contributed by atoms with Crippen LogP contribution in [0.2, 0.25) is 5.02 Å². The second kappa shape index (κ2) is 8.74. The highest BCUT2D eigenvalue weighted by atomic mass is 35.5. The number of aromatic nitrogens is 2. The molecule has 2 aromatic rings. The molecule has 8 nitrogen and oxygen atoms in total. The van der Waals surface area contributed by atoms with Gasteiger partial charge in [0.05, 0.1) is 27.3 Å². The summed E-state index contributed by atoms with van der Waals surface area (Å²) in [7, 11) is 0. The lowest BCUT2D eigenvalue weighted by molar-refractivity contribution is -0.141. The monoisotopic (exact) mass is 492 g/mol. The van der Waals surface area contributed by atoms with Gasteiger partial charge < -0.3 is 15.8 Å². The van der Waals surface area contributed by atoms with E-state index in [0.29, 0.717) is 12.8 Å². The number of carbonyl (C=O) groups is 3. The van der Waals surface area contributed by atoms with Crippen LogP contribution in [0.1, 0.15) is 69.6 Å². The minimum atomic E-state index is -4.77. The number of nitrogens with zero attached hydrogens (tertiary/aromatic N) is 2. The molecule has 2 amide bonds. The van der Waals surface area contributed by atoms with Crippen molar-refractivity contribution in [2.24, 2.45) is 5.73 Å². The van der Waals surface area contributed by atoms with Crippen LogP contribution in [0, 0.1) is 6.92 Å². The van der Waals surface area contributed by atoms with Gasteiger partial charge in [-0.25, -0.2) is 4.79 Å². The van der Waals surface area contributed by atoms with Crippen LogP contribution in [0.4, 0.5) is 18.2 Å². The Morgan fingerprint density at radius 3 is 2.47 bits per heavy atom. The number of primary amides is 1. The minimum Gasteiger partial charge on any atom is -0.459 e. The smallest absolute Gasteiger partial charge is 0.436 e. The maximum Gasteiger partial charge on any atom is 0.436 e. The SMILES string of the molecule is Cc1c(C(N)=O)sc(NC(=O)Cn2nc(C(F)(F)F)c(Cl)c2C2CC2)c1C(=O)OC(C)C. The van der Waals surface area contributed by atoms with E-state index in [-0.39, 0.29) is 32.6 Å².